The van der Waals surface area contributed by atoms with E-state index in [1.54, 1.807) is 37.3 Å². The van der Waals surface area contributed by atoms with E-state index < -0.39 is 29.0 Å². The number of benzene rings is 1. The Labute approximate surface area is 193 Å². The normalized spacial score (nSPS) is 13.0. The minimum absolute atomic E-state index is 0.0739. The number of aryl methyl sites for hydroxylation is 1. The minimum Gasteiger partial charge on any atom is -0.368 e. The van der Waals surface area contributed by atoms with Crippen molar-refractivity contribution in [2.45, 2.75) is 38.8 Å². The number of fused-ring (bicyclic) bond motifs is 1. The summed E-state index contributed by atoms with van der Waals surface area (Å²) in [5.41, 5.74) is 5.93. The number of carbonyl (C=O) groups is 3. The number of pyridine rings is 1. The first-order valence-electron chi connectivity index (χ1n) is 10.9. The Morgan fingerprint density at radius 3 is 2.44 bits per heavy atom. The Morgan fingerprint density at radius 1 is 1.12 bits per heavy atom. The van der Waals surface area contributed by atoms with Crippen LogP contribution in [0, 0.1) is 0 Å². The molecule has 34 heavy (non-hydrogen) atoms. The van der Waals surface area contributed by atoms with Crippen LogP contribution in [0.5, 0.6) is 0 Å². The summed E-state index contributed by atoms with van der Waals surface area (Å²) in [6, 6.07) is 8.09. The number of rotatable bonds is 8. The summed E-state index contributed by atoms with van der Waals surface area (Å²) in [4.78, 5) is 67.5. The third-order valence-electron chi connectivity index (χ3n) is 5.62. The Kier molecular flexibility index (Phi) is 6.26. The molecule has 1 aromatic carbocycles. The Morgan fingerprint density at radius 2 is 1.82 bits per heavy atom. The van der Waals surface area contributed by atoms with Crippen molar-refractivity contribution < 1.29 is 14.4 Å². The summed E-state index contributed by atoms with van der Waals surface area (Å²) in [6.07, 6.45) is 1.89. The minimum atomic E-state index is -0.656. The Bertz CT molecular complexity index is 1400. The fourth-order valence-electron chi connectivity index (χ4n) is 3.68. The van der Waals surface area contributed by atoms with E-state index in [1.807, 2.05) is 0 Å². The number of H-pyrrole nitrogens is 1. The molecule has 176 valence electrons. The summed E-state index contributed by atoms with van der Waals surface area (Å²) >= 11 is 0. The zero-order chi connectivity index (χ0) is 24.4. The zero-order valence-electron chi connectivity index (χ0n) is 18.5. The average molecular weight is 464 g/mol. The molecule has 0 spiro atoms. The number of nitrogens with two attached hydrogens (primary N) is 1. The molecular formula is C23H24N6O5. The molecule has 1 fully saturated rings. The highest BCUT2D eigenvalue weighted by Crippen LogP contribution is 2.39. The van der Waals surface area contributed by atoms with Crippen molar-refractivity contribution >= 4 is 28.8 Å². The van der Waals surface area contributed by atoms with Gasteiger partial charge in [0.2, 0.25) is 5.91 Å². The lowest BCUT2D eigenvalue weighted by Gasteiger charge is -2.13. The molecule has 0 saturated heterocycles. The quantitative estimate of drug-likeness (QED) is 0.369. The van der Waals surface area contributed by atoms with Gasteiger partial charge in [0.05, 0.1) is 17.5 Å². The highest BCUT2D eigenvalue weighted by atomic mass is 16.2. The second kappa shape index (κ2) is 9.30. The van der Waals surface area contributed by atoms with Crippen molar-refractivity contribution in [1.82, 2.24) is 25.2 Å². The second-order valence-electron chi connectivity index (χ2n) is 8.10. The van der Waals surface area contributed by atoms with E-state index in [9.17, 15) is 24.0 Å². The van der Waals surface area contributed by atoms with E-state index in [4.69, 9.17) is 5.73 Å². The maximum absolute atomic E-state index is 13.1. The Balaban J connectivity index is 1.58. The fourth-order valence-corrected chi connectivity index (χ4v) is 3.68. The number of hydrogen-bond donors (Lipinski definition) is 4. The van der Waals surface area contributed by atoms with Crippen LogP contribution in [0.1, 0.15) is 57.7 Å². The number of amides is 3. The molecule has 2 heterocycles. The predicted octanol–water partition coefficient (Wildman–Crippen LogP) is 0.127. The van der Waals surface area contributed by atoms with E-state index >= 15 is 0 Å². The second-order valence-corrected chi connectivity index (χ2v) is 8.10. The maximum atomic E-state index is 13.1. The molecule has 5 N–H and O–H groups in total. The van der Waals surface area contributed by atoms with Gasteiger partial charge >= 0.3 is 5.69 Å². The van der Waals surface area contributed by atoms with Gasteiger partial charge in [0.15, 0.2) is 5.65 Å². The zero-order valence-corrected chi connectivity index (χ0v) is 18.5. The van der Waals surface area contributed by atoms with Crippen molar-refractivity contribution in [3.8, 4) is 0 Å². The number of aromatic amines is 1. The molecule has 0 unspecified atom stereocenters. The third kappa shape index (κ3) is 4.72. The van der Waals surface area contributed by atoms with Crippen LogP contribution in [0.4, 0.5) is 0 Å². The lowest BCUT2D eigenvalue weighted by atomic mass is 10.1. The number of nitrogens with one attached hydrogen (secondary N) is 3. The molecule has 3 amide bonds. The van der Waals surface area contributed by atoms with Gasteiger partial charge in [-0.15, -0.1) is 0 Å². The number of hydrogen-bond acceptors (Lipinski definition) is 6. The van der Waals surface area contributed by atoms with E-state index in [2.05, 4.69) is 20.6 Å². The van der Waals surface area contributed by atoms with Crippen LogP contribution in [0.15, 0.2) is 39.9 Å². The molecule has 2 aromatic heterocycles. The van der Waals surface area contributed by atoms with Gasteiger partial charge in [0, 0.05) is 30.3 Å². The molecule has 0 radical (unpaired) electrons. The van der Waals surface area contributed by atoms with Gasteiger partial charge in [0.1, 0.15) is 0 Å². The molecule has 0 aliphatic heterocycles. The standard InChI is InChI=1S/C23H24N6O5/c1-2-29-19-18(22(33)28-23(29)34)15(9-16(27-19)13-7-8-13)21(32)25-10-12-3-5-14(6-4-12)20(31)26-11-17(24)30/h3-6,9,13H,2,7-8,10-11H2,1H3,(H2,24,30)(H,25,32)(H,26,31)(H,28,33,34). The van der Waals surface area contributed by atoms with Crippen LogP contribution in [0.25, 0.3) is 11.0 Å². The molecule has 0 bridgehead atoms. The summed E-state index contributed by atoms with van der Waals surface area (Å²) in [5.74, 6) is -1.34. The number of carbonyl (C=O) groups excluding carboxylic acids is 3. The summed E-state index contributed by atoms with van der Waals surface area (Å²) in [6.45, 7) is 1.95. The molecule has 11 nitrogen and oxygen atoms in total. The summed E-state index contributed by atoms with van der Waals surface area (Å²) in [7, 11) is 0. The van der Waals surface area contributed by atoms with E-state index in [-0.39, 0.29) is 35.6 Å². The van der Waals surface area contributed by atoms with Crippen LogP contribution >= 0.6 is 0 Å². The number of primary amides is 1. The fraction of sp³-hybridized carbons (Fsp3) is 0.304. The van der Waals surface area contributed by atoms with Gasteiger partial charge in [-0.05, 0) is 43.5 Å². The lowest BCUT2D eigenvalue weighted by Crippen LogP contribution is -2.33. The highest BCUT2D eigenvalue weighted by Gasteiger charge is 2.28. The highest BCUT2D eigenvalue weighted by molar-refractivity contribution is 6.05. The van der Waals surface area contributed by atoms with Crippen molar-refractivity contribution in [3.63, 3.8) is 0 Å². The SMILES string of the molecule is CCn1c(=O)[nH]c(=O)c2c(C(=O)NCc3ccc(C(=O)NCC(N)=O)cc3)cc(C3CC3)nc21. The van der Waals surface area contributed by atoms with Gasteiger partial charge in [0.25, 0.3) is 17.4 Å². The predicted molar refractivity (Wildman–Crippen MR) is 123 cm³/mol. The van der Waals surface area contributed by atoms with Gasteiger partial charge in [-0.3, -0.25) is 28.7 Å². The lowest BCUT2D eigenvalue weighted by molar-refractivity contribution is -0.117. The van der Waals surface area contributed by atoms with Crippen molar-refractivity contribution in [2.24, 2.45) is 5.73 Å². The molecule has 0 atom stereocenters. The number of nitrogens with zero attached hydrogens (tertiary/aromatic N) is 2. The molecular weight excluding hydrogens is 440 g/mol. The first-order valence-corrected chi connectivity index (χ1v) is 10.9. The molecule has 4 rings (SSSR count). The van der Waals surface area contributed by atoms with E-state index in [0.717, 1.165) is 18.4 Å². The third-order valence-corrected chi connectivity index (χ3v) is 5.62. The van der Waals surface area contributed by atoms with E-state index in [1.165, 1.54) is 4.57 Å². The number of aromatic nitrogens is 3. The van der Waals surface area contributed by atoms with E-state index in [0.29, 0.717) is 17.8 Å². The average Bonchev–Trinajstić information content (AvgIpc) is 3.66. The van der Waals surface area contributed by atoms with Crippen molar-refractivity contribution in [1.29, 1.82) is 0 Å². The van der Waals surface area contributed by atoms with Crippen LogP contribution in [0.3, 0.4) is 0 Å². The van der Waals surface area contributed by atoms with Gasteiger partial charge in [-0.1, -0.05) is 12.1 Å². The first kappa shape index (κ1) is 22.9. The monoisotopic (exact) mass is 464 g/mol. The van der Waals surface area contributed by atoms with Crippen LogP contribution in [-0.4, -0.2) is 38.8 Å². The summed E-state index contributed by atoms with van der Waals surface area (Å²) in [5, 5.41) is 5.27. The largest absolute Gasteiger partial charge is 0.368 e. The molecule has 1 saturated carbocycles. The first-order chi connectivity index (χ1) is 16.3. The Hall–Kier alpha value is -4.28. The smallest absolute Gasteiger partial charge is 0.329 e. The molecule has 3 aromatic rings. The van der Waals surface area contributed by atoms with Gasteiger partial charge in [-0.2, -0.15) is 0 Å². The van der Waals surface area contributed by atoms with Crippen LogP contribution < -0.4 is 27.6 Å². The molecule has 1 aliphatic rings. The topological polar surface area (TPSA) is 169 Å². The van der Waals surface area contributed by atoms with Gasteiger partial charge in [-0.25, -0.2) is 9.78 Å². The molecule has 11 heteroatoms. The van der Waals surface area contributed by atoms with Crippen molar-refractivity contribution in [3.05, 3.63) is 73.6 Å². The van der Waals surface area contributed by atoms with Crippen LogP contribution in [0.2, 0.25) is 0 Å². The van der Waals surface area contributed by atoms with Gasteiger partial charge < -0.3 is 16.4 Å². The van der Waals surface area contributed by atoms with Crippen molar-refractivity contribution in [2.75, 3.05) is 6.54 Å². The summed E-state index contributed by atoms with van der Waals surface area (Å²) < 4.78 is 1.35. The van der Waals surface area contributed by atoms with Crippen LogP contribution in [-0.2, 0) is 17.9 Å². The molecule has 1 aliphatic carbocycles. The maximum Gasteiger partial charge on any atom is 0.329 e.